The highest BCUT2D eigenvalue weighted by molar-refractivity contribution is 6.13. The second kappa shape index (κ2) is 36.5. The summed E-state index contributed by atoms with van der Waals surface area (Å²) in [5.41, 5.74) is 3.08. The van der Waals surface area contributed by atoms with E-state index in [4.69, 9.17) is 63.0 Å². The molecule has 24 nitrogen and oxygen atoms in total. The quantitative estimate of drug-likeness (QED) is 0.0541. The lowest BCUT2D eigenvalue weighted by Gasteiger charge is -2.41. The molecule has 98 heavy (non-hydrogen) atoms. The largest absolute Gasteiger partial charge is 0.472 e. The van der Waals surface area contributed by atoms with Crippen LogP contribution >= 0.6 is 11.8 Å². The molecule has 6 aliphatic rings. The van der Waals surface area contributed by atoms with E-state index in [2.05, 4.69) is 31.3 Å². The Labute approximate surface area is 584 Å². The van der Waals surface area contributed by atoms with E-state index < -0.39 is 52.1 Å². The average molecular weight is 1400 g/mol. The first-order valence-corrected chi connectivity index (χ1v) is 34.1. The summed E-state index contributed by atoms with van der Waals surface area (Å²) in [5.74, 6) is 0.876. The van der Waals surface area contributed by atoms with E-state index in [1.54, 1.807) is 78.6 Å². The number of carbonyl (C=O) groups is 4. The molecule has 0 aliphatic carbocycles. The Morgan fingerprint density at radius 2 is 0.959 bits per heavy atom. The van der Waals surface area contributed by atoms with E-state index in [-0.39, 0.29) is 44.6 Å². The maximum atomic E-state index is 12.0. The zero-order valence-corrected chi connectivity index (χ0v) is 60.1. The molecule has 0 spiro atoms. The lowest BCUT2D eigenvalue weighted by molar-refractivity contribution is -0.182. The molecule has 8 atom stereocenters. The summed E-state index contributed by atoms with van der Waals surface area (Å²) in [4.78, 5) is 54.3. The number of rotatable bonds is 5. The van der Waals surface area contributed by atoms with Gasteiger partial charge in [-0.2, -0.15) is 0 Å². The first-order chi connectivity index (χ1) is 45.4. The molecule has 4 amide bonds. The third-order valence-corrected chi connectivity index (χ3v) is 17.5. The molecule has 5 saturated heterocycles. The predicted octanol–water partition coefficient (Wildman–Crippen LogP) is 13.3. The van der Waals surface area contributed by atoms with Gasteiger partial charge in [-0.25, -0.2) is 23.6 Å². The number of amides is 4. The second-order valence-electron chi connectivity index (χ2n) is 29.9. The number of carbonyl (C=O) groups excluding carboxylic acids is 4. The number of ether oxygens (including phenoxy) is 4. The van der Waals surface area contributed by atoms with Crippen LogP contribution in [0.3, 0.4) is 0 Å². The second-order valence-corrected chi connectivity index (χ2v) is 30.4. The van der Waals surface area contributed by atoms with Gasteiger partial charge in [-0.05, 0) is 210 Å². The SMILES string of the molecule is C.CC(C)(C)OC(=O)N1CC=C(c2ccoc2)CC1.CC(C)(C)OC(=O)N1CCC(O)(c2ccoc2)C(O)C1.CC(C)(C)OC(=O)N1CCC(c2ccoc2)C(O)C1.CC1CN(C(=O)OC(C)(C)C)CCC1c1ccoc1.CC1CNCCC1c1ccoc1.OC1(O)CCN(Cl)CC1. The minimum atomic E-state index is -1.47. The lowest BCUT2D eigenvalue weighted by atomic mass is 9.83. The van der Waals surface area contributed by atoms with Gasteiger partial charge in [0, 0.05) is 88.7 Å². The molecule has 0 saturated carbocycles. The molecular formula is C73H113ClN6O18. The van der Waals surface area contributed by atoms with Crippen LogP contribution in [-0.2, 0) is 24.5 Å². The van der Waals surface area contributed by atoms with Crippen LogP contribution in [0.2, 0.25) is 0 Å². The van der Waals surface area contributed by atoms with Crippen LogP contribution in [0.25, 0.3) is 5.57 Å². The zero-order valence-electron chi connectivity index (χ0n) is 59.4. The Balaban J connectivity index is 0.000000215. The Bertz CT molecular complexity index is 3040. The Morgan fingerprint density at radius 3 is 1.36 bits per heavy atom. The number of aliphatic hydroxyl groups excluding tert-OH is 2. The lowest BCUT2D eigenvalue weighted by Crippen LogP contribution is -2.55. The molecular weight excluding hydrogens is 1280 g/mol. The summed E-state index contributed by atoms with van der Waals surface area (Å²) >= 11 is 5.56. The summed E-state index contributed by atoms with van der Waals surface area (Å²) in [6.07, 6.45) is 20.4. The van der Waals surface area contributed by atoms with Crippen LogP contribution in [-0.4, -0.2) is 193 Å². The van der Waals surface area contributed by atoms with Crippen LogP contribution < -0.4 is 5.32 Å². The van der Waals surface area contributed by atoms with Gasteiger partial charge in [-0.1, -0.05) is 27.4 Å². The monoisotopic (exact) mass is 1400 g/mol. The molecule has 0 radical (unpaired) electrons. The van der Waals surface area contributed by atoms with Crippen LogP contribution in [0.4, 0.5) is 19.2 Å². The van der Waals surface area contributed by atoms with E-state index >= 15 is 0 Å². The van der Waals surface area contributed by atoms with Crippen molar-refractivity contribution in [2.45, 2.75) is 213 Å². The third kappa shape index (κ3) is 26.7. The number of hydrogen-bond acceptors (Lipinski definition) is 20. The number of β-amino-alcohol motifs (C(OH)–C–C–N with tert-alkyl or cyclic N) is 2. The van der Waals surface area contributed by atoms with E-state index in [1.807, 2.05) is 97.9 Å². The Hall–Kier alpha value is -6.77. The maximum Gasteiger partial charge on any atom is 0.410 e. The number of likely N-dealkylation sites (tertiary alicyclic amines) is 3. The summed E-state index contributed by atoms with van der Waals surface area (Å²) in [6.45, 7) is 34.0. The van der Waals surface area contributed by atoms with Crippen molar-refractivity contribution < 1.29 is 85.7 Å². The smallest absolute Gasteiger partial charge is 0.410 e. The molecule has 5 fully saturated rings. The van der Waals surface area contributed by atoms with Crippen LogP contribution in [0.15, 0.2) is 121 Å². The summed E-state index contributed by atoms with van der Waals surface area (Å²) in [7, 11) is 0. The highest BCUT2D eigenvalue weighted by Crippen LogP contribution is 2.37. The van der Waals surface area contributed by atoms with Crippen LogP contribution in [0.1, 0.15) is 195 Å². The number of halogens is 1. The fraction of sp³-hybridized carbons (Fsp3) is 0.644. The standard InChI is InChI=1S/C15H23NO3.C14H21NO5.C14H21NO4.C14H19NO3.C10H15NO.C5H10ClNO2.CH4/c1-11-9-16(14(17)19-15(2,3)4)7-5-13(11)12-6-8-18-10-12;1-13(2,3)20-12(17)15-6-5-14(18,11(16)8-15)10-4-7-19-9-10;1-14(2,3)19-13(17)15-6-4-11(12(16)8-15)10-5-7-18-9-10;1-14(2,3)18-13(16)15-7-4-11(5-8-15)12-6-9-17-10-12;1-8-6-11-4-2-10(8)9-3-5-12-7-9;6-7-3-1-5(8,9)2-4-7;/h6,8,10-11,13H,5,7,9H2,1-4H3;4,7,9,11,16,18H,5-6,8H2,1-3H3;5,7,9,11-12,16H,4,6,8H2,1-3H3;4,6,9-10H,5,7-8H2,1-3H3;3,5,7-8,10-11H,2,4,6H2,1H3;8-9H,1-4H2;1H4. The van der Waals surface area contributed by atoms with Gasteiger partial charge >= 0.3 is 24.4 Å². The molecule has 11 rings (SSSR count). The molecule has 6 aliphatic heterocycles. The summed E-state index contributed by atoms with van der Waals surface area (Å²) < 4.78 is 48.2. The number of piperidine rings is 5. The van der Waals surface area contributed by atoms with Crippen LogP contribution in [0.5, 0.6) is 0 Å². The summed E-state index contributed by atoms with van der Waals surface area (Å²) in [6, 6.07) is 9.52. The van der Waals surface area contributed by atoms with Crippen molar-refractivity contribution in [2.75, 3.05) is 78.5 Å². The molecule has 550 valence electrons. The molecule has 25 heteroatoms. The van der Waals surface area contributed by atoms with Crippen molar-refractivity contribution in [3.8, 4) is 0 Å². The van der Waals surface area contributed by atoms with E-state index in [1.165, 1.54) is 40.5 Å². The van der Waals surface area contributed by atoms with Crippen molar-refractivity contribution in [3.05, 3.63) is 127 Å². The average Bonchev–Trinajstić information content (AvgIpc) is 1.21. The van der Waals surface area contributed by atoms with Gasteiger partial charge in [0.05, 0.1) is 81.8 Å². The van der Waals surface area contributed by atoms with Gasteiger partial charge in [-0.15, -0.1) is 0 Å². The number of nitrogens with one attached hydrogen (secondary N) is 1. The first-order valence-electron chi connectivity index (χ1n) is 33.8. The third-order valence-electron chi connectivity index (χ3n) is 17.1. The van der Waals surface area contributed by atoms with Gasteiger partial charge in [0.25, 0.3) is 0 Å². The first kappa shape index (κ1) is 81.9. The fourth-order valence-electron chi connectivity index (χ4n) is 11.9. The molecule has 0 bridgehead atoms. The molecule has 8 unspecified atom stereocenters. The highest BCUT2D eigenvalue weighted by atomic mass is 35.5. The minimum Gasteiger partial charge on any atom is -0.472 e. The van der Waals surface area contributed by atoms with Crippen LogP contribution in [0, 0.1) is 11.8 Å². The molecule has 6 N–H and O–H groups in total. The molecule has 5 aromatic rings. The van der Waals surface area contributed by atoms with Crippen molar-refractivity contribution >= 4 is 41.7 Å². The predicted molar refractivity (Wildman–Crippen MR) is 372 cm³/mol. The number of nitrogens with zero attached hydrogens (tertiary/aromatic N) is 5. The van der Waals surface area contributed by atoms with Crippen molar-refractivity contribution in [3.63, 3.8) is 0 Å². The van der Waals surface area contributed by atoms with E-state index in [0.717, 1.165) is 56.1 Å². The number of hydrogen-bond donors (Lipinski definition) is 6. The van der Waals surface area contributed by atoms with E-state index in [9.17, 15) is 34.5 Å². The van der Waals surface area contributed by atoms with Crippen molar-refractivity contribution in [1.82, 2.24) is 29.3 Å². The normalized spacial score (nSPS) is 24.4. The maximum absolute atomic E-state index is 12.0. The number of aliphatic hydroxyl groups is 5. The molecule has 5 aromatic heterocycles. The molecule has 0 aromatic carbocycles. The van der Waals surface area contributed by atoms with Gasteiger partial charge in [0.2, 0.25) is 0 Å². The van der Waals surface area contributed by atoms with Crippen molar-refractivity contribution in [2.24, 2.45) is 11.8 Å². The van der Waals surface area contributed by atoms with Gasteiger partial charge < -0.3 is 91.5 Å². The topological polar surface area (TPSA) is 300 Å². The number of furan rings is 5. The minimum absolute atomic E-state index is 0. The summed E-state index contributed by atoms with van der Waals surface area (Å²) in [5, 5.41) is 52.2. The zero-order chi connectivity index (χ0) is 71.5. The van der Waals surface area contributed by atoms with Gasteiger partial charge in [-0.3, -0.25) is 0 Å². The Kier molecular flexibility index (Phi) is 30.5. The van der Waals surface area contributed by atoms with Crippen molar-refractivity contribution in [1.29, 1.82) is 0 Å². The molecule has 11 heterocycles. The van der Waals surface area contributed by atoms with E-state index in [0.29, 0.717) is 88.4 Å². The Morgan fingerprint density at radius 1 is 0.520 bits per heavy atom. The van der Waals surface area contributed by atoms with Gasteiger partial charge in [0.1, 0.15) is 34.1 Å². The van der Waals surface area contributed by atoms with Gasteiger partial charge in [0.15, 0.2) is 5.79 Å². The highest BCUT2D eigenvalue weighted by Gasteiger charge is 2.45. The fourth-order valence-corrected chi connectivity index (χ4v) is 12.1.